The molecular formula is C15H17F3O3. The second kappa shape index (κ2) is 6.47. The lowest BCUT2D eigenvalue weighted by Crippen LogP contribution is -2.30. The van der Waals surface area contributed by atoms with Crippen LogP contribution >= 0.6 is 0 Å². The van der Waals surface area contributed by atoms with Crippen molar-refractivity contribution in [3.05, 3.63) is 29.3 Å². The van der Waals surface area contributed by atoms with Gasteiger partial charge in [-0.1, -0.05) is 0 Å². The largest absolute Gasteiger partial charge is 0.490 e. The molecule has 1 saturated carbocycles. The van der Waals surface area contributed by atoms with Crippen LogP contribution in [0, 0.1) is 0 Å². The lowest BCUT2D eigenvalue weighted by Gasteiger charge is -2.29. The number of ether oxygens (including phenoxy) is 2. The summed E-state index contributed by atoms with van der Waals surface area (Å²) < 4.78 is 49.9. The number of halogens is 3. The van der Waals surface area contributed by atoms with Crippen molar-refractivity contribution in [3.63, 3.8) is 0 Å². The Morgan fingerprint density at radius 2 is 1.95 bits per heavy atom. The Labute approximate surface area is 121 Å². The lowest BCUT2D eigenvalue weighted by molar-refractivity contribution is -0.139. The highest BCUT2D eigenvalue weighted by molar-refractivity contribution is 5.75. The van der Waals surface area contributed by atoms with E-state index in [-0.39, 0.29) is 23.5 Å². The number of methoxy groups -OCH3 is 1. The summed E-state index contributed by atoms with van der Waals surface area (Å²) in [5, 5.41) is 0. The third kappa shape index (κ3) is 3.97. The average molecular weight is 302 g/mol. The Morgan fingerprint density at radius 1 is 1.24 bits per heavy atom. The van der Waals surface area contributed by atoms with Gasteiger partial charge in [0.25, 0.3) is 0 Å². The Bertz CT molecular complexity index is 499. The number of hydrogen-bond donors (Lipinski definition) is 0. The van der Waals surface area contributed by atoms with Gasteiger partial charge in [0, 0.05) is 19.1 Å². The highest BCUT2D eigenvalue weighted by atomic mass is 19.4. The number of hydrogen-bond acceptors (Lipinski definition) is 3. The monoisotopic (exact) mass is 302 g/mol. The number of aldehydes is 1. The first-order valence-electron chi connectivity index (χ1n) is 6.80. The fourth-order valence-electron chi connectivity index (χ4n) is 2.55. The van der Waals surface area contributed by atoms with E-state index in [1.165, 1.54) is 12.1 Å². The van der Waals surface area contributed by atoms with Gasteiger partial charge in [0.1, 0.15) is 18.1 Å². The third-order valence-electron chi connectivity index (χ3n) is 3.65. The molecule has 1 aromatic carbocycles. The zero-order valence-electron chi connectivity index (χ0n) is 11.7. The fraction of sp³-hybridized carbons (Fsp3) is 0.533. The van der Waals surface area contributed by atoms with Crippen molar-refractivity contribution in [1.82, 2.24) is 0 Å². The van der Waals surface area contributed by atoms with Crippen molar-refractivity contribution in [2.75, 3.05) is 7.11 Å². The fourth-order valence-corrected chi connectivity index (χ4v) is 2.55. The molecule has 1 aliphatic carbocycles. The van der Waals surface area contributed by atoms with Crippen molar-refractivity contribution < 1.29 is 27.4 Å². The van der Waals surface area contributed by atoms with E-state index in [2.05, 4.69) is 0 Å². The minimum atomic E-state index is -4.55. The number of rotatable bonds is 4. The Kier molecular flexibility index (Phi) is 4.88. The van der Waals surface area contributed by atoms with Gasteiger partial charge in [0.15, 0.2) is 0 Å². The van der Waals surface area contributed by atoms with Crippen LogP contribution in [0.4, 0.5) is 13.2 Å². The zero-order chi connectivity index (χ0) is 15.5. The Morgan fingerprint density at radius 3 is 2.57 bits per heavy atom. The van der Waals surface area contributed by atoms with Gasteiger partial charge in [0.2, 0.25) is 0 Å². The van der Waals surface area contributed by atoms with E-state index in [0.29, 0.717) is 19.1 Å². The predicted molar refractivity (Wildman–Crippen MR) is 70.5 cm³/mol. The van der Waals surface area contributed by atoms with E-state index < -0.39 is 11.7 Å². The second-order valence-corrected chi connectivity index (χ2v) is 5.14. The van der Waals surface area contributed by atoms with Crippen LogP contribution in [0.3, 0.4) is 0 Å². The maximum Gasteiger partial charge on any atom is 0.419 e. The van der Waals surface area contributed by atoms with Crippen LogP contribution in [0.25, 0.3) is 0 Å². The van der Waals surface area contributed by atoms with Crippen LogP contribution in [0.2, 0.25) is 0 Å². The van der Waals surface area contributed by atoms with E-state index in [9.17, 15) is 18.0 Å². The first kappa shape index (κ1) is 15.8. The van der Waals surface area contributed by atoms with Crippen LogP contribution in [0.5, 0.6) is 5.75 Å². The minimum Gasteiger partial charge on any atom is -0.490 e. The van der Waals surface area contributed by atoms with Crippen LogP contribution < -0.4 is 4.74 Å². The van der Waals surface area contributed by atoms with Crippen LogP contribution in [-0.2, 0) is 10.9 Å². The minimum absolute atomic E-state index is 0.0203. The summed E-state index contributed by atoms with van der Waals surface area (Å²) >= 11 is 0. The third-order valence-corrected chi connectivity index (χ3v) is 3.65. The average Bonchev–Trinajstić information content (AvgIpc) is 2.46. The molecule has 1 aliphatic rings. The highest BCUT2D eigenvalue weighted by Gasteiger charge is 2.35. The molecule has 0 N–H and O–H groups in total. The maximum atomic E-state index is 13.0. The van der Waals surface area contributed by atoms with Crippen LogP contribution in [-0.4, -0.2) is 25.6 Å². The molecule has 1 fully saturated rings. The molecule has 0 aliphatic heterocycles. The highest BCUT2D eigenvalue weighted by Crippen LogP contribution is 2.38. The predicted octanol–water partition coefficient (Wildman–Crippen LogP) is 3.85. The van der Waals surface area contributed by atoms with Gasteiger partial charge in [-0.15, -0.1) is 0 Å². The van der Waals surface area contributed by atoms with Crippen molar-refractivity contribution in [1.29, 1.82) is 0 Å². The number of benzene rings is 1. The smallest absolute Gasteiger partial charge is 0.419 e. The van der Waals surface area contributed by atoms with E-state index in [0.717, 1.165) is 18.9 Å². The summed E-state index contributed by atoms with van der Waals surface area (Å²) in [6.07, 6.45) is -1.41. The quantitative estimate of drug-likeness (QED) is 0.792. The molecule has 0 heterocycles. The van der Waals surface area contributed by atoms with Gasteiger partial charge in [-0.05, 0) is 37.5 Å². The van der Waals surface area contributed by atoms with Gasteiger partial charge in [-0.2, -0.15) is 13.2 Å². The molecule has 1 aromatic rings. The molecule has 0 bridgehead atoms. The van der Waals surface area contributed by atoms with Crippen molar-refractivity contribution in [3.8, 4) is 5.75 Å². The van der Waals surface area contributed by atoms with Crippen molar-refractivity contribution in [2.45, 2.75) is 44.1 Å². The Hall–Kier alpha value is -1.56. The molecule has 2 rings (SSSR count). The lowest BCUT2D eigenvalue weighted by atomic mass is 9.94. The summed E-state index contributed by atoms with van der Waals surface area (Å²) in [4.78, 5) is 10.6. The van der Waals surface area contributed by atoms with E-state index in [4.69, 9.17) is 9.47 Å². The molecule has 0 radical (unpaired) electrons. The van der Waals surface area contributed by atoms with Gasteiger partial charge < -0.3 is 9.47 Å². The first-order chi connectivity index (χ1) is 9.94. The number of carbonyl (C=O) groups is 1. The molecule has 0 saturated heterocycles. The number of alkyl halides is 3. The standard InChI is InChI=1S/C15H17F3O3/c1-20-11-3-2-4-12(8-11)21-14-6-5-10(9-19)7-13(14)15(16,17)18/h5-7,9,11-12H,2-4,8H2,1H3. The summed E-state index contributed by atoms with van der Waals surface area (Å²) in [6.45, 7) is 0. The molecule has 0 aromatic heterocycles. The molecule has 0 amide bonds. The summed E-state index contributed by atoms with van der Waals surface area (Å²) in [7, 11) is 1.59. The van der Waals surface area contributed by atoms with E-state index in [1.807, 2.05) is 0 Å². The SMILES string of the molecule is COC1CCCC(Oc2ccc(C=O)cc2C(F)(F)F)C1. The molecular weight excluding hydrogens is 285 g/mol. The topological polar surface area (TPSA) is 35.5 Å². The summed E-state index contributed by atoms with van der Waals surface area (Å²) in [5.41, 5.74) is -0.931. The summed E-state index contributed by atoms with van der Waals surface area (Å²) in [5.74, 6) is -0.227. The first-order valence-corrected chi connectivity index (χ1v) is 6.80. The molecule has 2 unspecified atom stereocenters. The van der Waals surface area contributed by atoms with Gasteiger partial charge in [0.05, 0.1) is 11.7 Å². The van der Waals surface area contributed by atoms with Gasteiger partial charge in [-0.3, -0.25) is 4.79 Å². The van der Waals surface area contributed by atoms with Gasteiger partial charge in [-0.25, -0.2) is 0 Å². The molecule has 6 heteroatoms. The molecule has 3 nitrogen and oxygen atoms in total. The molecule has 116 valence electrons. The van der Waals surface area contributed by atoms with Crippen molar-refractivity contribution >= 4 is 6.29 Å². The molecule has 2 atom stereocenters. The summed E-state index contributed by atoms with van der Waals surface area (Å²) in [6, 6.07) is 3.36. The number of carbonyl (C=O) groups excluding carboxylic acids is 1. The Balaban J connectivity index is 2.21. The zero-order valence-corrected chi connectivity index (χ0v) is 11.7. The van der Waals surface area contributed by atoms with Crippen molar-refractivity contribution in [2.24, 2.45) is 0 Å². The van der Waals surface area contributed by atoms with Gasteiger partial charge >= 0.3 is 6.18 Å². The van der Waals surface area contributed by atoms with Crippen LogP contribution in [0.15, 0.2) is 18.2 Å². The van der Waals surface area contributed by atoms with E-state index in [1.54, 1.807) is 7.11 Å². The normalized spacial score (nSPS) is 22.9. The second-order valence-electron chi connectivity index (χ2n) is 5.14. The molecule has 21 heavy (non-hydrogen) atoms. The maximum absolute atomic E-state index is 13.0. The van der Waals surface area contributed by atoms with Crippen LogP contribution in [0.1, 0.15) is 41.6 Å². The van der Waals surface area contributed by atoms with E-state index >= 15 is 0 Å². The molecule has 0 spiro atoms.